The SMILES string of the molecule is Cn1ncc2cnc(Nc3ccc(SCCO)cc3)nc21. The van der Waals surface area contributed by atoms with Crippen molar-refractivity contribution in [2.24, 2.45) is 7.05 Å². The number of nitrogens with one attached hydrogen (secondary N) is 1. The molecule has 0 spiro atoms. The monoisotopic (exact) mass is 301 g/mol. The highest BCUT2D eigenvalue weighted by atomic mass is 32.2. The number of nitrogens with zero attached hydrogens (tertiary/aromatic N) is 4. The van der Waals surface area contributed by atoms with Crippen LogP contribution in [-0.2, 0) is 7.05 Å². The van der Waals surface area contributed by atoms with Crippen molar-refractivity contribution in [1.29, 1.82) is 0 Å². The van der Waals surface area contributed by atoms with Crippen LogP contribution in [0.15, 0.2) is 41.6 Å². The molecule has 3 rings (SSSR count). The fraction of sp³-hybridized carbons (Fsp3) is 0.214. The molecule has 0 fully saturated rings. The van der Waals surface area contributed by atoms with Crippen molar-refractivity contribution in [3.63, 3.8) is 0 Å². The van der Waals surface area contributed by atoms with Crippen molar-refractivity contribution in [2.75, 3.05) is 17.7 Å². The highest BCUT2D eigenvalue weighted by molar-refractivity contribution is 7.99. The number of hydrogen-bond donors (Lipinski definition) is 2. The summed E-state index contributed by atoms with van der Waals surface area (Å²) in [6.07, 6.45) is 3.50. The molecule has 3 aromatic rings. The molecule has 0 amide bonds. The first-order chi connectivity index (χ1) is 10.3. The van der Waals surface area contributed by atoms with Gasteiger partial charge in [0.25, 0.3) is 0 Å². The number of anilines is 2. The predicted octanol–water partition coefficient (Wildman–Crippen LogP) is 2.19. The molecule has 21 heavy (non-hydrogen) atoms. The molecule has 0 saturated carbocycles. The van der Waals surface area contributed by atoms with Crippen LogP contribution in [0.5, 0.6) is 0 Å². The van der Waals surface area contributed by atoms with Crippen LogP contribution in [0, 0.1) is 0 Å². The summed E-state index contributed by atoms with van der Waals surface area (Å²) in [5.41, 5.74) is 1.72. The number of hydrogen-bond acceptors (Lipinski definition) is 6. The van der Waals surface area contributed by atoms with E-state index in [1.807, 2.05) is 31.3 Å². The summed E-state index contributed by atoms with van der Waals surface area (Å²) in [4.78, 5) is 9.84. The average molecular weight is 301 g/mol. The van der Waals surface area contributed by atoms with Crippen LogP contribution >= 0.6 is 11.8 Å². The number of benzene rings is 1. The van der Waals surface area contributed by atoms with Gasteiger partial charge in [-0.2, -0.15) is 10.1 Å². The summed E-state index contributed by atoms with van der Waals surface area (Å²) in [5, 5.41) is 17.0. The smallest absolute Gasteiger partial charge is 0.229 e. The lowest BCUT2D eigenvalue weighted by molar-refractivity contribution is 0.322. The fourth-order valence-electron chi connectivity index (χ4n) is 1.92. The van der Waals surface area contributed by atoms with Crippen molar-refractivity contribution < 1.29 is 5.11 Å². The molecule has 0 radical (unpaired) electrons. The predicted molar refractivity (Wildman–Crippen MR) is 83.8 cm³/mol. The molecular weight excluding hydrogens is 286 g/mol. The van der Waals surface area contributed by atoms with Crippen LogP contribution in [0.2, 0.25) is 0 Å². The number of aromatic nitrogens is 4. The highest BCUT2D eigenvalue weighted by Crippen LogP contribution is 2.21. The Morgan fingerprint density at radius 2 is 2.05 bits per heavy atom. The number of aliphatic hydroxyl groups is 1. The number of rotatable bonds is 5. The second kappa shape index (κ2) is 6.11. The number of fused-ring (bicyclic) bond motifs is 1. The molecule has 7 heteroatoms. The first-order valence-electron chi connectivity index (χ1n) is 6.52. The van der Waals surface area contributed by atoms with Crippen LogP contribution < -0.4 is 5.32 Å². The highest BCUT2D eigenvalue weighted by Gasteiger charge is 2.04. The largest absolute Gasteiger partial charge is 0.396 e. The normalized spacial score (nSPS) is 11.0. The lowest BCUT2D eigenvalue weighted by Crippen LogP contribution is -1.99. The van der Waals surface area contributed by atoms with E-state index in [1.54, 1.807) is 28.8 Å². The molecule has 0 unspecified atom stereocenters. The number of aryl methyl sites for hydroxylation is 1. The van der Waals surface area contributed by atoms with E-state index in [9.17, 15) is 0 Å². The van der Waals surface area contributed by atoms with Gasteiger partial charge in [0.15, 0.2) is 5.65 Å². The van der Waals surface area contributed by atoms with Crippen molar-refractivity contribution >= 4 is 34.4 Å². The van der Waals surface area contributed by atoms with E-state index in [2.05, 4.69) is 20.4 Å². The summed E-state index contributed by atoms with van der Waals surface area (Å²) in [6.45, 7) is 0.184. The molecule has 0 saturated heterocycles. The summed E-state index contributed by atoms with van der Waals surface area (Å²) < 4.78 is 1.72. The van der Waals surface area contributed by atoms with E-state index < -0.39 is 0 Å². The summed E-state index contributed by atoms with van der Waals surface area (Å²) in [7, 11) is 1.85. The maximum Gasteiger partial charge on any atom is 0.229 e. The molecule has 0 aliphatic rings. The van der Waals surface area contributed by atoms with E-state index in [1.165, 1.54) is 0 Å². The minimum absolute atomic E-state index is 0.184. The minimum Gasteiger partial charge on any atom is -0.396 e. The zero-order valence-electron chi connectivity index (χ0n) is 11.5. The third-order valence-corrected chi connectivity index (χ3v) is 3.94. The Kier molecular flexibility index (Phi) is 4.03. The van der Waals surface area contributed by atoms with Gasteiger partial charge >= 0.3 is 0 Å². The van der Waals surface area contributed by atoms with E-state index in [0.717, 1.165) is 21.6 Å². The number of aliphatic hydroxyl groups excluding tert-OH is 1. The van der Waals surface area contributed by atoms with E-state index in [4.69, 9.17) is 5.11 Å². The molecule has 0 aliphatic heterocycles. The molecular formula is C14H15N5OS. The van der Waals surface area contributed by atoms with Crippen molar-refractivity contribution in [3.8, 4) is 0 Å². The van der Waals surface area contributed by atoms with Crippen molar-refractivity contribution in [2.45, 2.75) is 4.90 Å². The van der Waals surface area contributed by atoms with E-state index in [-0.39, 0.29) is 6.61 Å². The summed E-state index contributed by atoms with van der Waals surface area (Å²) in [5.74, 6) is 1.24. The van der Waals surface area contributed by atoms with Crippen molar-refractivity contribution in [1.82, 2.24) is 19.7 Å². The molecule has 2 heterocycles. The Morgan fingerprint density at radius 1 is 1.24 bits per heavy atom. The first kappa shape index (κ1) is 13.8. The van der Waals surface area contributed by atoms with Gasteiger partial charge in [-0.25, -0.2) is 4.98 Å². The standard InChI is InChI=1S/C14H15N5OS/c1-19-13-10(9-16-19)8-15-14(18-13)17-11-2-4-12(5-3-11)21-7-6-20/h2-5,8-9,20H,6-7H2,1H3,(H,15,17,18). The molecule has 2 aromatic heterocycles. The van der Waals surface area contributed by atoms with Gasteiger partial charge in [0.2, 0.25) is 5.95 Å². The van der Waals surface area contributed by atoms with Gasteiger partial charge in [0.1, 0.15) is 0 Å². The fourth-order valence-corrected chi connectivity index (χ4v) is 2.58. The second-order valence-electron chi connectivity index (χ2n) is 4.46. The molecule has 0 atom stereocenters. The number of thioether (sulfide) groups is 1. The molecule has 1 aromatic carbocycles. The summed E-state index contributed by atoms with van der Waals surface area (Å²) in [6, 6.07) is 7.95. The minimum atomic E-state index is 0.184. The third kappa shape index (κ3) is 3.14. The van der Waals surface area contributed by atoms with Gasteiger partial charge in [-0.3, -0.25) is 4.68 Å². The molecule has 0 bridgehead atoms. The van der Waals surface area contributed by atoms with Crippen LogP contribution in [0.4, 0.5) is 11.6 Å². The Bertz CT molecular complexity index is 741. The average Bonchev–Trinajstić information content (AvgIpc) is 2.88. The maximum atomic E-state index is 8.81. The van der Waals surface area contributed by atoms with Gasteiger partial charge in [-0.1, -0.05) is 0 Å². The molecule has 2 N–H and O–H groups in total. The van der Waals surface area contributed by atoms with Gasteiger partial charge in [0, 0.05) is 29.6 Å². The van der Waals surface area contributed by atoms with E-state index >= 15 is 0 Å². The Labute approximate surface area is 126 Å². The molecule has 6 nitrogen and oxygen atoms in total. The first-order valence-corrected chi connectivity index (χ1v) is 7.50. The van der Waals surface area contributed by atoms with Crippen LogP contribution in [-0.4, -0.2) is 37.2 Å². The van der Waals surface area contributed by atoms with Crippen LogP contribution in [0.1, 0.15) is 0 Å². The Morgan fingerprint density at radius 3 is 2.81 bits per heavy atom. The maximum absolute atomic E-state index is 8.81. The third-order valence-electron chi connectivity index (χ3n) is 2.94. The zero-order chi connectivity index (χ0) is 14.7. The Hall–Kier alpha value is -2.12. The van der Waals surface area contributed by atoms with Gasteiger partial charge < -0.3 is 10.4 Å². The van der Waals surface area contributed by atoms with Crippen molar-refractivity contribution in [3.05, 3.63) is 36.7 Å². The molecule has 0 aliphatic carbocycles. The second-order valence-corrected chi connectivity index (χ2v) is 5.63. The quantitative estimate of drug-likeness (QED) is 0.704. The van der Waals surface area contributed by atoms with Gasteiger partial charge in [-0.15, -0.1) is 11.8 Å². The topological polar surface area (TPSA) is 75.9 Å². The summed E-state index contributed by atoms with van der Waals surface area (Å²) >= 11 is 1.62. The van der Waals surface area contributed by atoms with E-state index in [0.29, 0.717) is 11.7 Å². The molecule has 108 valence electrons. The van der Waals surface area contributed by atoms with Crippen LogP contribution in [0.3, 0.4) is 0 Å². The van der Waals surface area contributed by atoms with Gasteiger partial charge in [0.05, 0.1) is 18.2 Å². The Balaban J connectivity index is 1.76. The van der Waals surface area contributed by atoms with Gasteiger partial charge in [-0.05, 0) is 24.3 Å². The van der Waals surface area contributed by atoms with Crippen LogP contribution in [0.25, 0.3) is 11.0 Å². The zero-order valence-corrected chi connectivity index (χ0v) is 12.3. The lowest BCUT2D eigenvalue weighted by Gasteiger charge is -2.06. The lowest BCUT2D eigenvalue weighted by atomic mass is 10.3.